The summed E-state index contributed by atoms with van der Waals surface area (Å²) in [5, 5.41) is 10.3. The number of rotatable bonds is 6. The van der Waals surface area contributed by atoms with E-state index in [1.54, 1.807) is 6.20 Å². The molecule has 0 bridgehead atoms. The minimum Gasteiger partial charge on any atom is -0.365 e. The van der Waals surface area contributed by atoms with Crippen molar-refractivity contribution in [3.8, 4) is 0 Å². The van der Waals surface area contributed by atoms with Crippen molar-refractivity contribution in [1.82, 2.24) is 25.4 Å². The van der Waals surface area contributed by atoms with Gasteiger partial charge in [-0.05, 0) is 44.7 Å². The van der Waals surface area contributed by atoms with E-state index in [0.29, 0.717) is 24.4 Å². The van der Waals surface area contributed by atoms with Crippen LogP contribution in [0.5, 0.6) is 0 Å². The van der Waals surface area contributed by atoms with Gasteiger partial charge in [0.2, 0.25) is 5.91 Å². The highest BCUT2D eigenvalue weighted by Gasteiger charge is 2.25. The molecule has 2 aromatic heterocycles. The number of carbonyl (C=O) groups is 2. The molecule has 1 aliphatic rings. The first kappa shape index (κ1) is 17.3. The minimum absolute atomic E-state index is 0.0132. The van der Waals surface area contributed by atoms with E-state index in [0.717, 1.165) is 30.8 Å². The Morgan fingerprint density at radius 2 is 2.28 bits per heavy atom. The zero-order chi connectivity index (χ0) is 17.8. The molecule has 3 rings (SSSR count). The average molecular weight is 343 g/mol. The zero-order valence-corrected chi connectivity index (χ0v) is 14.7. The van der Waals surface area contributed by atoms with Gasteiger partial charge < -0.3 is 15.6 Å². The highest BCUT2D eigenvalue weighted by molar-refractivity contribution is 5.95. The Bertz CT molecular complexity index is 733. The number of fused-ring (bicyclic) bond motifs is 1. The van der Waals surface area contributed by atoms with Gasteiger partial charge >= 0.3 is 0 Å². The van der Waals surface area contributed by atoms with Gasteiger partial charge in [-0.3, -0.25) is 14.3 Å². The van der Waals surface area contributed by atoms with Crippen LogP contribution in [0.4, 0.5) is 0 Å². The van der Waals surface area contributed by atoms with E-state index < -0.39 is 0 Å². The second-order valence-electron chi connectivity index (χ2n) is 6.89. The molecule has 0 saturated heterocycles. The summed E-state index contributed by atoms with van der Waals surface area (Å²) in [6.45, 7) is 5.28. The maximum absolute atomic E-state index is 12.3. The number of aryl methyl sites for hydroxylation is 1. The van der Waals surface area contributed by atoms with Crippen molar-refractivity contribution in [2.45, 2.75) is 45.7 Å². The molecule has 7 heteroatoms. The van der Waals surface area contributed by atoms with Crippen LogP contribution in [0.25, 0.3) is 0 Å². The van der Waals surface area contributed by atoms with Crippen LogP contribution in [-0.2, 0) is 24.2 Å². The lowest BCUT2D eigenvalue weighted by Gasteiger charge is -2.24. The molecule has 3 N–H and O–H groups in total. The molecule has 2 aromatic rings. The van der Waals surface area contributed by atoms with Crippen LogP contribution in [-0.4, -0.2) is 39.2 Å². The minimum atomic E-state index is -0.0762. The number of hydrogen-bond donors (Lipinski definition) is 3. The molecule has 25 heavy (non-hydrogen) atoms. The highest BCUT2D eigenvalue weighted by Crippen LogP contribution is 2.22. The van der Waals surface area contributed by atoms with Gasteiger partial charge in [0.1, 0.15) is 0 Å². The fourth-order valence-electron chi connectivity index (χ4n) is 3.17. The van der Waals surface area contributed by atoms with E-state index in [2.05, 4.69) is 20.7 Å². The topological polar surface area (TPSA) is 91.8 Å². The second-order valence-corrected chi connectivity index (χ2v) is 6.89. The van der Waals surface area contributed by atoms with E-state index in [1.165, 1.54) is 0 Å². The standard InChI is InChI=1S/C18H25N5O2/c1-12(2)22-18(25)15-11-21-23-7-5-13(8-16(15)23)10-20-17(24)9-14-4-3-6-19-14/h3-4,6,11-13,19H,5,7-10H2,1-2H3,(H,20,24)(H,22,25). The van der Waals surface area contributed by atoms with Crippen LogP contribution >= 0.6 is 0 Å². The van der Waals surface area contributed by atoms with Gasteiger partial charge in [0.15, 0.2) is 0 Å². The molecule has 1 aliphatic heterocycles. The molecule has 1 unspecified atom stereocenters. The molecule has 0 aliphatic carbocycles. The van der Waals surface area contributed by atoms with Gasteiger partial charge in [-0.1, -0.05) is 0 Å². The van der Waals surface area contributed by atoms with Crippen molar-refractivity contribution < 1.29 is 9.59 Å². The number of amides is 2. The van der Waals surface area contributed by atoms with Crippen molar-refractivity contribution in [1.29, 1.82) is 0 Å². The summed E-state index contributed by atoms with van der Waals surface area (Å²) < 4.78 is 1.91. The van der Waals surface area contributed by atoms with E-state index in [9.17, 15) is 9.59 Å². The first-order chi connectivity index (χ1) is 12.0. The summed E-state index contributed by atoms with van der Waals surface area (Å²) in [4.78, 5) is 27.4. The summed E-state index contributed by atoms with van der Waals surface area (Å²) in [5.41, 5.74) is 2.52. The molecule has 7 nitrogen and oxygen atoms in total. The smallest absolute Gasteiger partial charge is 0.254 e. The molecule has 0 saturated carbocycles. The third-order valence-corrected chi connectivity index (χ3v) is 4.45. The van der Waals surface area contributed by atoms with Crippen LogP contribution in [0.1, 0.15) is 42.0 Å². The monoisotopic (exact) mass is 343 g/mol. The van der Waals surface area contributed by atoms with E-state index >= 15 is 0 Å². The molecule has 2 amide bonds. The van der Waals surface area contributed by atoms with Gasteiger partial charge in [0.25, 0.3) is 5.91 Å². The SMILES string of the molecule is CC(C)NC(=O)c1cnn2c1CC(CNC(=O)Cc1ccc[nH]1)CC2. The van der Waals surface area contributed by atoms with Gasteiger partial charge in [-0.25, -0.2) is 0 Å². The van der Waals surface area contributed by atoms with Crippen molar-refractivity contribution in [2.75, 3.05) is 6.54 Å². The quantitative estimate of drug-likeness (QED) is 0.737. The van der Waals surface area contributed by atoms with Crippen LogP contribution in [0.2, 0.25) is 0 Å². The number of hydrogen-bond acceptors (Lipinski definition) is 3. The van der Waals surface area contributed by atoms with Crippen molar-refractivity contribution >= 4 is 11.8 Å². The predicted octanol–water partition coefficient (Wildman–Crippen LogP) is 1.27. The molecule has 1 atom stereocenters. The largest absolute Gasteiger partial charge is 0.365 e. The molecule has 0 fully saturated rings. The Hall–Kier alpha value is -2.57. The normalized spacial score (nSPS) is 16.5. The Morgan fingerprint density at radius 3 is 3.00 bits per heavy atom. The second kappa shape index (κ2) is 7.55. The van der Waals surface area contributed by atoms with E-state index in [-0.39, 0.29) is 17.9 Å². The number of aromatic nitrogens is 3. The van der Waals surface area contributed by atoms with Gasteiger partial charge in [0.05, 0.1) is 23.9 Å². The summed E-state index contributed by atoms with van der Waals surface area (Å²) >= 11 is 0. The molecule has 0 aromatic carbocycles. The van der Waals surface area contributed by atoms with Gasteiger partial charge in [-0.15, -0.1) is 0 Å². The molecule has 3 heterocycles. The van der Waals surface area contributed by atoms with Crippen molar-refractivity contribution in [3.05, 3.63) is 41.5 Å². The number of carbonyl (C=O) groups excluding carboxylic acids is 2. The number of aromatic amines is 1. The lowest BCUT2D eigenvalue weighted by Crippen LogP contribution is -2.35. The Kier molecular flexibility index (Phi) is 5.21. The van der Waals surface area contributed by atoms with Crippen LogP contribution in [0, 0.1) is 5.92 Å². The maximum atomic E-state index is 12.3. The number of nitrogens with one attached hydrogen (secondary N) is 3. The number of H-pyrrole nitrogens is 1. The van der Waals surface area contributed by atoms with Crippen molar-refractivity contribution in [2.24, 2.45) is 5.92 Å². The molecule has 0 radical (unpaired) electrons. The van der Waals surface area contributed by atoms with Crippen molar-refractivity contribution in [3.63, 3.8) is 0 Å². The first-order valence-electron chi connectivity index (χ1n) is 8.77. The third-order valence-electron chi connectivity index (χ3n) is 4.45. The van der Waals surface area contributed by atoms with Gasteiger partial charge in [-0.2, -0.15) is 5.10 Å². The molecular formula is C18H25N5O2. The summed E-state index contributed by atoms with van der Waals surface area (Å²) in [6, 6.07) is 3.88. The van der Waals surface area contributed by atoms with Crippen LogP contribution in [0.15, 0.2) is 24.5 Å². The Balaban J connectivity index is 1.56. The van der Waals surface area contributed by atoms with E-state index in [1.807, 2.05) is 36.9 Å². The number of nitrogens with zero attached hydrogens (tertiary/aromatic N) is 2. The lowest BCUT2D eigenvalue weighted by molar-refractivity contribution is -0.120. The summed E-state index contributed by atoms with van der Waals surface area (Å²) in [6.07, 6.45) is 5.53. The average Bonchev–Trinajstić information content (AvgIpc) is 3.21. The lowest BCUT2D eigenvalue weighted by atomic mass is 9.94. The molecule has 0 spiro atoms. The predicted molar refractivity (Wildman–Crippen MR) is 94.1 cm³/mol. The van der Waals surface area contributed by atoms with Crippen LogP contribution < -0.4 is 10.6 Å². The molecule has 134 valence electrons. The summed E-state index contributed by atoms with van der Waals surface area (Å²) in [7, 11) is 0. The molecular weight excluding hydrogens is 318 g/mol. The fourth-order valence-corrected chi connectivity index (χ4v) is 3.17. The first-order valence-corrected chi connectivity index (χ1v) is 8.77. The third kappa shape index (κ3) is 4.29. The Labute approximate surface area is 147 Å². The Morgan fingerprint density at radius 1 is 1.44 bits per heavy atom. The maximum Gasteiger partial charge on any atom is 0.254 e. The van der Waals surface area contributed by atoms with Gasteiger partial charge in [0, 0.05) is 31.0 Å². The fraction of sp³-hybridized carbons (Fsp3) is 0.500. The summed E-state index contributed by atoms with van der Waals surface area (Å²) in [5.74, 6) is 0.259. The zero-order valence-electron chi connectivity index (χ0n) is 14.7. The van der Waals surface area contributed by atoms with Crippen LogP contribution in [0.3, 0.4) is 0 Å². The van der Waals surface area contributed by atoms with E-state index in [4.69, 9.17) is 0 Å². The highest BCUT2D eigenvalue weighted by atomic mass is 16.2.